The number of hydrogen-bond acceptors (Lipinski definition) is 9. The summed E-state index contributed by atoms with van der Waals surface area (Å²) in [5.41, 5.74) is 4.12. The molecule has 2 aromatic rings. The van der Waals surface area contributed by atoms with Crippen molar-refractivity contribution in [2.75, 3.05) is 32.8 Å². The zero-order chi connectivity index (χ0) is 32.9. The van der Waals surface area contributed by atoms with Crippen molar-refractivity contribution in [2.24, 2.45) is 11.3 Å². The van der Waals surface area contributed by atoms with E-state index < -0.39 is 35.6 Å². The van der Waals surface area contributed by atoms with E-state index in [0.717, 1.165) is 21.7 Å². The molecule has 0 bridgehead atoms. The van der Waals surface area contributed by atoms with Gasteiger partial charge in [0.2, 0.25) is 17.7 Å². The second-order valence-electron chi connectivity index (χ2n) is 13.2. The maximum absolute atomic E-state index is 13.9. The molecular formula is C33H47N5O6S. The summed E-state index contributed by atoms with van der Waals surface area (Å²) in [4.78, 5) is 61.0. The van der Waals surface area contributed by atoms with Crippen molar-refractivity contribution in [1.29, 1.82) is 0 Å². The van der Waals surface area contributed by atoms with Crippen molar-refractivity contribution in [3.05, 3.63) is 41.0 Å². The number of aliphatic hydroxyl groups excluding tert-OH is 1. The zero-order valence-corrected chi connectivity index (χ0v) is 28.0. The van der Waals surface area contributed by atoms with Crippen molar-refractivity contribution in [1.82, 2.24) is 25.4 Å². The number of thiazole rings is 1. The van der Waals surface area contributed by atoms with Crippen LogP contribution in [0.2, 0.25) is 0 Å². The first-order valence-electron chi connectivity index (χ1n) is 15.7. The third-order valence-corrected chi connectivity index (χ3v) is 9.59. The fraction of sp³-hybridized carbons (Fsp3) is 0.606. The van der Waals surface area contributed by atoms with Crippen LogP contribution in [0.5, 0.6) is 0 Å². The number of carbonyl (C=O) groups excluding carboxylic acids is 4. The summed E-state index contributed by atoms with van der Waals surface area (Å²) in [5.74, 6) is -1.38. The van der Waals surface area contributed by atoms with E-state index in [1.54, 1.807) is 11.3 Å². The SMILES string of the molecule is CCOC(=O)C1CCN(C[C@H](NC(=O)[C@@H]2C[C@@H](O)CN2C(=O)[C@@H](NC(C)=O)C(C)(C)C)c2ccc(-c3scnc3C)cc2)CC1. The Bertz CT molecular complexity index is 1350. The largest absolute Gasteiger partial charge is 0.466 e. The molecule has 11 nitrogen and oxygen atoms in total. The molecule has 45 heavy (non-hydrogen) atoms. The first-order chi connectivity index (χ1) is 21.3. The number of aryl methyl sites for hydroxylation is 1. The summed E-state index contributed by atoms with van der Waals surface area (Å²) in [6.45, 7) is 13.0. The lowest BCUT2D eigenvalue weighted by atomic mass is 9.85. The number of esters is 1. The van der Waals surface area contributed by atoms with Crippen LogP contribution in [0.15, 0.2) is 29.8 Å². The number of piperidine rings is 1. The molecule has 12 heteroatoms. The van der Waals surface area contributed by atoms with Crippen LogP contribution in [0.1, 0.15) is 71.2 Å². The average molecular weight is 642 g/mol. The Morgan fingerprint density at radius 3 is 2.33 bits per heavy atom. The van der Waals surface area contributed by atoms with Crippen LogP contribution >= 0.6 is 11.3 Å². The number of aliphatic hydroxyl groups is 1. The van der Waals surface area contributed by atoms with Gasteiger partial charge in [-0.05, 0) is 56.3 Å². The van der Waals surface area contributed by atoms with E-state index in [-0.39, 0.29) is 36.7 Å². The first kappa shape index (κ1) is 34.5. The van der Waals surface area contributed by atoms with E-state index in [2.05, 4.69) is 20.5 Å². The second kappa shape index (κ2) is 14.8. The number of aromatic nitrogens is 1. The quantitative estimate of drug-likeness (QED) is 0.337. The van der Waals surface area contributed by atoms with E-state index in [4.69, 9.17) is 4.74 Å². The molecule has 3 amide bonds. The summed E-state index contributed by atoms with van der Waals surface area (Å²) in [6, 6.07) is 5.92. The maximum atomic E-state index is 13.9. The summed E-state index contributed by atoms with van der Waals surface area (Å²) in [5, 5.41) is 16.5. The van der Waals surface area contributed by atoms with Gasteiger partial charge in [0.1, 0.15) is 12.1 Å². The fourth-order valence-corrected chi connectivity index (χ4v) is 6.95. The standard InChI is InChI=1S/C33H47N5O6S/c1-7-44-32(43)24-12-14-37(15-13-24)18-26(22-8-10-23(11-9-22)28-20(2)34-19-45-28)36-30(41)27-16-25(40)17-38(27)31(42)29(33(4,5)6)35-21(3)39/h8-11,19,24-27,29,40H,7,12-18H2,1-6H3,(H,35,39)(H,36,41)/t25-,26+,27+,29-/m1/s1. The monoisotopic (exact) mass is 641 g/mol. The number of benzene rings is 1. The number of hydrogen-bond donors (Lipinski definition) is 3. The van der Waals surface area contributed by atoms with Crippen molar-refractivity contribution < 1.29 is 29.0 Å². The lowest BCUT2D eigenvalue weighted by Crippen LogP contribution is -2.57. The van der Waals surface area contributed by atoms with Gasteiger partial charge in [-0.1, -0.05) is 45.0 Å². The number of nitrogens with zero attached hydrogens (tertiary/aromatic N) is 3. The fourth-order valence-electron chi connectivity index (χ4n) is 6.14. The van der Waals surface area contributed by atoms with Gasteiger partial charge in [0.05, 0.1) is 40.8 Å². The highest BCUT2D eigenvalue weighted by Crippen LogP contribution is 2.30. The number of rotatable bonds is 10. The van der Waals surface area contributed by atoms with Crippen LogP contribution in [0.3, 0.4) is 0 Å². The van der Waals surface area contributed by atoms with Crippen molar-refractivity contribution >= 4 is 35.0 Å². The molecule has 3 N–H and O–H groups in total. The molecule has 0 radical (unpaired) electrons. The minimum atomic E-state index is -0.887. The third kappa shape index (κ3) is 8.68. The number of ether oxygens (including phenoxy) is 1. The number of nitrogens with one attached hydrogen (secondary N) is 2. The van der Waals surface area contributed by atoms with Crippen LogP contribution in [0.25, 0.3) is 10.4 Å². The minimum Gasteiger partial charge on any atom is -0.466 e. The maximum Gasteiger partial charge on any atom is 0.309 e. The molecule has 4 rings (SSSR count). The van der Waals surface area contributed by atoms with Gasteiger partial charge in [-0.15, -0.1) is 11.3 Å². The summed E-state index contributed by atoms with van der Waals surface area (Å²) >= 11 is 1.58. The molecule has 0 spiro atoms. The number of carbonyl (C=O) groups is 4. The Labute approximate surface area is 269 Å². The van der Waals surface area contributed by atoms with E-state index in [1.165, 1.54) is 11.8 Å². The van der Waals surface area contributed by atoms with Crippen LogP contribution in [0, 0.1) is 18.3 Å². The highest BCUT2D eigenvalue weighted by molar-refractivity contribution is 7.13. The Morgan fingerprint density at radius 2 is 1.78 bits per heavy atom. The number of β-amino-alcohol motifs (C(OH)–C–C–N with tert-alkyl or cyclic N) is 1. The van der Waals surface area contributed by atoms with Crippen molar-refractivity contribution in [2.45, 2.75) is 85.0 Å². The van der Waals surface area contributed by atoms with Gasteiger partial charge in [-0.3, -0.25) is 19.2 Å². The topological polar surface area (TPSA) is 141 Å². The molecule has 1 aromatic heterocycles. The third-order valence-electron chi connectivity index (χ3n) is 8.61. The Kier molecular flexibility index (Phi) is 11.4. The Hall–Kier alpha value is -3.35. The number of amides is 3. The van der Waals surface area contributed by atoms with Gasteiger partial charge in [-0.25, -0.2) is 4.98 Å². The lowest BCUT2D eigenvalue weighted by molar-refractivity contribution is -0.149. The van der Waals surface area contributed by atoms with Crippen LogP contribution in [-0.2, 0) is 23.9 Å². The molecule has 2 aliphatic rings. The molecule has 2 fully saturated rings. The average Bonchev–Trinajstić information content (AvgIpc) is 3.60. The molecule has 246 valence electrons. The molecule has 2 aliphatic heterocycles. The lowest BCUT2D eigenvalue weighted by Gasteiger charge is -2.36. The number of likely N-dealkylation sites (tertiary alicyclic amines) is 2. The second-order valence-corrected chi connectivity index (χ2v) is 14.0. The molecule has 1 aromatic carbocycles. The van der Waals surface area contributed by atoms with Crippen molar-refractivity contribution in [3.8, 4) is 10.4 Å². The highest BCUT2D eigenvalue weighted by Gasteiger charge is 2.44. The Balaban J connectivity index is 1.55. The zero-order valence-electron chi connectivity index (χ0n) is 27.2. The van der Waals surface area contributed by atoms with E-state index in [1.807, 2.05) is 64.4 Å². The first-order valence-corrected chi connectivity index (χ1v) is 16.6. The minimum absolute atomic E-state index is 0.0119. The molecule has 0 saturated carbocycles. The van der Waals surface area contributed by atoms with E-state index >= 15 is 0 Å². The van der Waals surface area contributed by atoms with Gasteiger partial charge in [0.25, 0.3) is 0 Å². The van der Waals surface area contributed by atoms with Gasteiger partial charge >= 0.3 is 5.97 Å². The van der Waals surface area contributed by atoms with Crippen LogP contribution in [0.4, 0.5) is 0 Å². The van der Waals surface area contributed by atoms with Gasteiger partial charge in [0, 0.05) is 26.4 Å². The Morgan fingerprint density at radius 1 is 1.11 bits per heavy atom. The van der Waals surface area contributed by atoms with E-state index in [0.29, 0.717) is 39.1 Å². The summed E-state index contributed by atoms with van der Waals surface area (Å²) < 4.78 is 5.23. The van der Waals surface area contributed by atoms with Gasteiger partial charge in [-0.2, -0.15) is 0 Å². The molecule has 3 heterocycles. The van der Waals surface area contributed by atoms with Gasteiger partial charge < -0.3 is 30.3 Å². The molecular weight excluding hydrogens is 594 g/mol. The highest BCUT2D eigenvalue weighted by atomic mass is 32.1. The molecule has 4 atom stereocenters. The normalized spacial score (nSPS) is 20.8. The van der Waals surface area contributed by atoms with Crippen molar-refractivity contribution in [3.63, 3.8) is 0 Å². The predicted octanol–water partition coefficient (Wildman–Crippen LogP) is 3.06. The summed E-state index contributed by atoms with van der Waals surface area (Å²) in [6.07, 6.45) is 0.607. The van der Waals surface area contributed by atoms with Crippen LogP contribution < -0.4 is 10.6 Å². The van der Waals surface area contributed by atoms with Crippen LogP contribution in [-0.4, -0.2) is 94.6 Å². The predicted molar refractivity (Wildman–Crippen MR) is 172 cm³/mol. The van der Waals surface area contributed by atoms with Gasteiger partial charge in [0.15, 0.2) is 0 Å². The molecule has 0 aliphatic carbocycles. The molecule has 2 saturated heterocycles. The summed E-state index contributed by atoms with van der Waals surface area (Å²) in [7, 11) is 0. The smallest absolute Gasteiger partial charge is 0.309 e. The van der Waals surface area contributed by atoms with E-state index in [9.17, 15) is 24.3 Å². The molecule has 0 unspecified atom stereocenters.